The van der Waals surface area contributed by atoms with Gasteiger partial charge >= 0.3 is 6.03 Å². The van der Waals surface area contributed by atoms with Crippen LogP contribution in [0.2, 0.25) is 0 Å². The van der Waals surface area contributed by atoms with Gasteiger partial charge in [-0.25, -0.2) is 4.79 Å². The molecular weight excluding hydrogens is 228 g/mol. The molecule has 4 nitrogen and oxygen atoms in total. The molecule has 2 amide bonds. The quantitative estimate of drug-likeness (QED) is 0.754. The van der Waals surface area contributed by atoms with Crippen molar-refractivity contribution in [3.05, 3.63) is 35.9 Å². The minimum absolute atomic E-state index is 0.0162. The minimum atomic E-state index is -0.0162. The number of rotatable bonds is 7. The highest BCUT2D eigenvalue weighted by molar-refractivity contribution is 5.74. The average molecular weight is 250 g/mol. The Hall–Kier alpha value is -1.55. The SMILES string of the molecule is CCN(Cc1ccccc1)C(=O)NCCCOC. The Morgan fingerprint density at radius 1 is 1.33 bits per heavy atom. The first-order chi connectivity index (χ1) is 8.77. The van der Waals surface area contributed by atoms with Crippen LogP contribution in [0.1, 0.15) is 18.9 Å². The molecule has 4 heteroatoms. The van der Waals surface area contributed by atoms with Crippen LogP contribution >= 0.6 is 0 Å². The largest absolute Gasteiger partial charge is 0.385 e. The molecule has 0 aliphatic heterocycles. The molecule has 18 heavy (non-hydrogen) atoms. The van der Waals surface area contributed by atoms with Crippen molar-refractivity contribution in [3.8, 4) is 0 Å². The Bertz CT molecular complexity index is 341. The number of carbonyl (C=O) groups excluding carboxylic acids is 1. The minimum Gasteiger partial charge on any atom is -0.385 e. The van der Waals surface area contributed by atoms with E-state index in [1.54, 1.807) is 12.0 Å². The van der Waals surface area contributed by atoms with Crippen molar-refractivity contribution >= 4 is 6.03 Å². The van der Waals surface area contributed by atoms with Crippen molar-refractivity contribution in [2.24, 2.45) is 0 Å². The van der Waals surface area contributed by atoms with E-state index in [9.17, 15) is 4.79 Å². The lowest BCUT2D eigenvalue weighted by molar-refractivity contribution is 0.185. The number of nitrogens with zero attached hydrogens (tertiary/aromatic N) is 1. The van der Waals surface area contributed by atoms with Crippen LogP contribution in [0, 0.1) is 0 Å². The zero-order valence-corrected chi connectivity index (χ0v) is 11.2. The summed E-state index contributed by atoms with van der Waals surface area (Å²) in [6.07, 6.45) is 0.838. The van der Waals surface area contributed by atoms with E-state index in [1.165, 1.54) is 0 Å². The zero-order valence-electron chi connectivity index (χ0n) is 11.2. The summed E-state index contributed by atoms with van der Waals surface area (Å²) in [6.45, 7) is 4.65. The van der Waals surface area contributed by atoms with Gasteiger partial charge in [0.1, 0.15) is 0 Å². The van der Waals surface area contributed by atoms with Crippen LogP contribution in [0.15, 0.2) is 30.3 Å². The molecule has 1 N–H and O–H groups in total. The Morgan fingerprint density at radius 3 is 2.67 bits per heavy atom. The second-order valence-electron chi connectivity index (χ2n) is 4.08. The molecule has 0 saturated carbocycles. The fraction of sp³-hybridized carbons (Fsp3) is 0.500. The summed E-state index contributed by atoms with van der Waals surface area (Å²) < 4.78 is 4.94. The van der Waals surface area contributed by atoms with Gasteiger partial charge in [0.05, 0.1) is 0 Å². The third-order valence-electron chi connectivity index (χ3n) is 2.69. The number of hydrogen-bond donors (Lipinski definition) is 1. The lowest BCUT2D eigenvalue weighted by Gasteiger charge is -2.21. The van der Waals surface area contributed by atoms with E-state index in [2.05, 4.69) is 5.32 Å². The zero-order chi connectivity index (χ0) is 13.2. The maximum atomic E-state index is 11.9. The molecule has 1 rings (SSSR count). The van der Waals surface area contributed by atoms with Gasteiger partial charge in [0.15, 0.2) is 0 Å². The highest BCUT2D eigenvalue weighted by atomic mass is 16.5. The van der Waals surface area contributed by atoms with Gasteiger partial charge < -0.3 is 15.0 Å². The molecule has 0 spiro atoms. The normalized spacial score (nSPS) is 10.1. The van der Waals surface area contributed by atoms with Crippen molar-refractivity contribution in [2.45, 2.75) is 19.9 Å². The molecule has 0 heterocycles. The molecule has 1 aromatic rings. The van der Waals surface area contributed by atoms with Crippen LogP contribution in [-0.4, -0.2) is 37.7 Å². The van der Waals surface area contributed by atoms with Gasteiger partial charge in [-0.2, -0.15) is 0 Å². The molecule has 1 aromatic carbocycles. The Morgan fingerprint density at radius 2 is 2.06 bits per heavy atom. The standard InChI is InChI=1S/C14H22N2O2/c1-3-16(12-13-8-5-4-6-9-13)14(17)15-10-7-11-18-2/h4-6,8-9H,3,7,10-12H2,1-2H3,(H,15,17). The van der Waals surface area contributed by atoms with Crippen molar-refractivity contribution in [3.63, 3.8) is 0 Å². The van der Waals surface area contributed by atoms with Gasteiger partial charge in [-0.3, -0.25) is 0 Å². The molecule has 0 fully saturated rings. The smallest absolute Gasteiger partial charge is 0.317 e. The monoisotopic (exact) mass is 250 g/mol. The predicted octanol–water partition coefficient (Wildman–Crippen LogP) is 2.25. The number of benzene rings is 1. The third kappa shape index (κ3) is 5.19. The van der Waals surface area contributed by atoms with Crippen molar-refractivity contribution in [2.75, 3.05) is 26.8 Å². The van der Waals surface area contributed by atoms with Gasteiger partial charge in [0.25, 0.3) is 0 Å². The molecule has 0 aromatic heterocycles. The number of ether oxygens (including phenoxy) is 1. The third-order valence-corrected chi connectivity index (χ3v) is 2.69. The summed E-state index contributed by atoms with van der Waals surface area (Å²) in [6, 6.07) is 9.99. The Kier molecular flexibility index (Phi) is 6.87. The molecular formula is C14H22N2O2. The maximum Gasteiger partial charge on any atom is 0.317 e. The molecule has 0 aliphatic carbocycles. The lowest BCUT2D eigenvalue weighted by atomic mass is 10.2. The van der Waals surface area contributed by atoms with Crippen molar-refractivity contribution in [1.29, 1.82) is 0 Å². The number of carbonyl (C=O) groups is 1. The maximum absolute atomic E-state index is 11.9. The van der Waals surface area contributed by atoms with E-state index in [1.807, 2.05) is 37.3 Å². The topological polar surface area (TPSA) is 41.6 Å². The second-order valence-corrected chi connectivity index (χ2v) is 4.08. The average Bonchev–Trinajstić information content (AvgIpc) is 2.42. The molecule has 100 valence electrons. The van der Waals surface area contributed by atoms with Crippen LogP contribution in [0.4, 0.5) is 4.79 Å². The summed E-state index contributed by atoms with van der Waals surface area (Å²) in [7, 11) is 1.66. The highest BCUT2D eigenvalue weighted by Crippen LogP contribution is 2.04. The van der Waals surface area contributed by atoms with E-state index >= 15 is 0 Å². The van der Waals surface area contributed by atoms with Gasteiger partial charge in [-0.05, 0) is 18.9 Å². The molecule has 0 radical (unpaired) electrons. The van der Waals surface area contributed by atoms with Crippen molar-refractivity contribution < 1.29 is 9.53 Å². The number of methoxy groups -OCH3 is 1. The number of urea groups is 1. The van der Waals surface area contributed by atoms with Crippen LogP contribution in [-0.2, 0) is 11.3 Å². The van der Waals surface area contributed by atoms with Crippen molar-refractivity contribution in [1.82, 2.24) is 10.2 Å². The number of amides is 2. The first-order valence-corrected chi connectivity index (χ1v) is 6.33. The summed E-state index contributed by atoms with van der Waals surface area (Å²) in [5, 5.41) is 2.90. The van der Waals surface area contributed by atoms with E-state index < -0.39 is 0 Å². The van der Waals surface area contributed by atoms with Crippen LogP contribution in [0.5, 0.6) is 0 Å². The highest BCUT2D eigenvalue weighted by Gasteiger charge is 2.10. The fourth-order valence-electron chi connectivity index (χ4n) is 1.65. The van der Waals surface area contributed by atoms with Gasteiger partial charge in [0, 0.05) is 33.4 Å². The Balaban J connectivity index is 2.38. The van der Waals surface area contributed by atoms with E-state index in [0.717, 1.165) is 12.0 Å². The van der Waals surface area contributed by atoms with Crippen LogP contribution in [0.3, 0.4) is 0 Å². The first-order valence-electron chi connectivity index (χ1n) is 6.33. The molecule has 0 atom stereocenters. The fourth-order valence-corrected chi connectivity index (χ4v) is 1.65. The number of nitrogens with one attached hydrogen (secondary N) is 1. The van der Waals surface area contributed by atoms with E-state index in [4.69, 9.17) is 4.74 Å². The van der Waals surface area contributed by atoms with E-state index in [-0.39, 0.29) is 6.03 Å². The van der Waals surface area contributed by atoms with Gasteiger partial charge in [-0.1, -0.05) is 30.3 Å². The van der Waals surface area contributed by atoms with Crippen LogP contribution < -0.4 is 5.32 Å². The first kappa shape index (κ1) is 14.5. The van der Waals surface area contributed by atoms with Gasteiger partial charge in [0.2, 0.25) is 0 Å². The predicted molar refractivity (Wildman–Crippen MR) is 72.4 cm³/mol. The molecule has 0 unspecified atom stereocenters. The summed E-state index contributed by atoms with van der Waals surface area (Å²) in [4.78, 5) is 13.7. The lowest BCUT2D eigenvalue weighted by Crippen LogP contribution is -2.39. The molecule has 0 bridgehead atoms. The van der Waals surface area contributed by atoms with Gasteiger partial charge in [-0.15, -0.1) is 0 Å². The number of hydrogen-bond acceptors (Lipinski definition) is 2. The summed E-state index contributed by atoms with van der Waals surface area (Å²) >= 11 is 0. The summed E-state index contributed by atoms with van der Waals surface area (Å²) in [5.41, 5.74) is 1.14. The second kappa shape index (κ2) is 8.53. The molecule has 0 saturated heterocycles. The van der Waals surface area contributed by atoms with Crippen LogP contribution in [0.25, 0.3) is 0 Å². The van der Waals surface area contributed by atoms with E-state index in [0.29, 0.717) is 26.2 Å². The summed E-state index contributed by atoms with van der Waals surface area (Å²) in [5.74, 6) is 0. The molecule has 0 aliphatic rings. The Labute approximate surface area is 109 Å².